The summed E-state index contributed by atoms with van der Waals surface area (Å²) in [5, 5.41) is 11.5. The third-order valence-corrected chi connectivity index (χ3v) is 5.28. The van der Waals surface area contributed by atoms with E-state index in [0.717, 1.165) is 44.7 Å². The Morgan fingerprint density at radius 1 is 1.48 bits per heavy atom. The number of hydrogen-bond acceptors (Lipinski definition) is 6. The minimum Gasteiger partial charge on any atom is -0.383 e. The van der Waals surface area contributed by atoms with Crippen LogP contribution in [0, 0.1) is 11.8 Å². The third kappa shape index (κ3) is 4.56. The number of hydrogen-bond donors (Lipinski definition) is 1. The van der Waals surface area contributed by atoms with E-state index in [2.05, 4.69) is 25.4 Å². The Kier molecular flexibility index (Phi) is 6.03. The van der Waals surface area contributed by atoms with Crippen molar-refractivity contribution in [1.29, 1.82) is 0 Å². The molecule has 8 heteroatoms. The van der Waals surface area contributed by atoms with Crippen molar-refractivity contribution in [3.05, 3.63) is 11.9 Å². The smallest absolute Gasteiger partial charge is 0.224 e. The van der Waals surface area contributed by atoms with Gasteiger partial charge in [0.2, 0.25) is 5.91 Å². The quantitative estimate of drug-likeness (QED) is 0.655. The first-order valence-electron chi connectivity index (χ1n) is 9.11. The fraction of sp³-hybridized carbons (Fsp3) is 0.824. The minimum absolute atomic E-state index is 0.113. The lowest BCUT2D eigenvalue weighted by Gasteiger charge is -2.49. The molecule has 3 saturated heterocycles. The number of piperidine rings is 3. The van der Waals surface area contributed by atoms with E-state index in [1.165, 1.54) is 0 Å². The van der Waals surface area contributed by atoms with Gasteiger partial charge in [0.25, 0.3) is 0 Å². The molecule has 4 atom stereocenters. The monoisotopic (exact) mass is 350 g/mol. The summed E-state index contributed by atoms with van der Waals surface area (Å²) in [6.07, 6.45) is 4.21. The maximum absolute atomic E-state index is 12.4. The number of amides is 1. The molecule has 4 rings (SSSR count). The summed E-state index contributed by atoms with van der Waals surface area (Å²) >= 11 is 0. The molecule has 1 aromatic rings. The number of nitrogens with zero attached hydrogens (tertiary/aromatic N) is 5. The van der Waals surface area contributed by atoms with E-state index in [-0.39, 0.29) is 11.8 Å². The Morgan fingerprint density at radius 3 is 3.00 bits per heavy atom. The van der Waals surface area contributed by atoms with Gasteiger partial charge in [-0.2, -0.15) is 0 Å². The van der Waals surface area contributed by atoms with Gasteiger partial charge in [-0.3, -0.25) is 14.4 Å². The molecule has 140 valence electrons. The Hall–Kier alpha value is -1.51. The van der Waals surface area contributed by atoms with Crippen LogP contribution in [0.4, 0.5) is 0 Å². The van der Waals surface area contributed by atoms with Crippen LogP contribution >= 0.6 is 0 Å². The molecule has 0 radical (unpaired) electrons. The van der Waals surface area contributed by atoms with Gasteiger partial charge in [-0.15, -0.1) is 5.10 Å². The first-order valence-corrected chi connectivity index (χ1v) is 9.11. The molecule has 3 fully saturated rings. The molecule has 1 amide bonds. The van der Waals surface area contributed by atoms with Crippen LogP contribution in [0.3, 0.4) is 0 Å². The first-order chi connectivity index (χ1) is 12.1. The summed E-state index contributed by atoms with van der Waals surface area (Å²) in [6, 6.07) is 0.454. The van der Waals surface area contributed by atoms with Crippen molar-refractivity contribution in [2.75, 3.05) is 47.4 Å². The Labute approximate surface area is 149 Å². The van der Waals surface area contributed by atoms with Crippen molar-refractivity contribution in [1.82, 2.24) is 30.1 Å². The lowest BCUT2D eigenvalue weighted by molar-refractivity contribution is -0.133. The number of ether oxygens (including phenoxy) is 1. The second-order valence-electron chi connectivity index (χ2n) is 7.49. The van der Waals surface area contributed by atoms with Crippen molar-refractivity contribution >= 4 is 5.91 Å². The Bertz CT molecular complexity index is 575. The van der Waals surface area contributed by atoms with Crippen LogP contribution in [0.1, 0.15) is 18.5 Å². The molecule has 25 heavy (non-hydrogen) atoms. The van der Waals surface area contributed by atoms with Gasteiger partial charge in [0.1, 0.15) is 0 Å². The predicted octanol–water partition coefficient (Wildman–Crippen LogP) is -0.187. The van der Waals surface area contributed by atoms with E-state index in [0.29, 0.717) is 25.1 Å². The molecule has 8 nitrogen and oxygen atoms in total. The van der Waals surface area contributed by atoms with E-state index < -0.39 is 0 Å². The maximum atomic E-state index is 12.4. The normalized spacial score (nSPS) is 28.5. The van der Waals surface area contributed by atoms with Crippen LogP contribution in [-0.2, 0) is 22.6 Å². The van der Waals surface area contributed by atoms with Crippen molar-refractivity contribution in [2.45, 2.75) is 32.0 Å². The Morgan fingerprint density at radius 2 is 2.32 bits per heavy atom. The zero-order chi connectivity index (χ0) is 17.8. The van der Waals surface area contributed by atoms with E-state index in [4.69, 9.17) is 4.74 Å². The molecule has 3 aliphatic heterocycles. The second kappa shape index (κ2) is 8.25. The molecule has 1 aromatic heterocycles. The molecule has 0 spiro atoms. The summed E-state index contributed by atoms with van der Waals surface area (Å²) in [5.74, 6) is 0.767. The second-order valence-corrected chi connectivity index (χ2v) is 7.49. The lowest BCUT2D eigenvalue weighted by atomic mass is 9.75. The van der Waals surface area contributed by atoms with E-state index in [1.54, 1.807) is 7.11 Å². The molecule has 0 saturated carbocycles. The number of aromatic nitrogens is 3. The standard InChI is InChI=1S/C17H30N6O2/c1-21(2)9-14-10-23(20-19-14)11-15-8-13-4-6-22(15)12-16(13)17(24)18-5-7-25-3/h10,13,15-16H,4-9,11-12H2,1-3H3,(H,18,24)/t13?,15-,16+/m1/s1. The average molecular weight is 350 g/mol. The highest BCUT2D eigenvalue weighted by atomic mass is 16.5. The molecule has 2 bridgehead atoms. The van der Waals surface area contributed by atoms with Gasteiger partial charge in [0.05, 0.1) is 24.8 Å². The first kappa shape index (κ1) is 18.3. The number of fused-ring (bicyclic) bond motifs is 3. The SMILES string of the molecule is COCCNC(=O)[C@H]1CN2CCC1C[C@@H]2Cn1cc(CN(C)C)nn1. The van der Waals surface area contributed by atoms with Crippen LogP contribution in [0.5, 0.6) is 0 Å². The van der Waals surface area contributed by atoms with E-state index in [9.17, 15) is 4.79 Å². The number of methoxy groups -OCH3 is 1. The zero-order valence-electron chi connectivity index (χ0n) is 15.5. The van der Waals surface area contributed by atoms with Crippen molar-refractivity contribution < 1.29 is 9.53 Å². The molecule has 0 aliphatic carbocycles. The molecule has 0 aromatic carbocycles. The fourth-order valence-electron chi connectivity index (χ4n) is 4.07. The topological polar surface area (TPSA) is 75.5 Å². The van der Waals surface area contributed by atoms with Gasteiger partial charge in [-0.25, -0.2) is 0 Å². The highest BCUT2D eigenvalue weighted by Crippen LogP contribution is 2.36. The highest BCUT2D eigenvalue weighted by molar-refractivity contribution is 5.79. The highest BCUT2D eigenvalue weighted by Gasteiger charge is 2.43. The zero-order valence-corrected chi connectivity index (χ0v) is 15.5. The van der Waals surface area contributed by atoms with Crippen LogP contribution in [0.2, 0.25) is 0 Å². The van der Waals surface area contributed by atoms with Gasteiger partial charge < -0.3 is 15.0 Å². The van der Waals surface area contributed by atoms with Gasteiger partial charge in [0.15, 0.2) is 0 Å². The van der Waals surface area contributed by atoms with Gasteiger partial charge in [-0.1, -0.05) is 5.21 Å². The van der Waals surface area contributed by atoms with Crippen LogP contribution in [-0.4, -0.2) is 84.2 Å². The van der Waals surface area contributed by atoms with Gasteiger partial charge in [0, 0.05) is 39.0 Å². The molecule has 2 unspecified atom stereocenters. The summed E-state index contributed by atoms with van der Waals surface area (Å²) in [7, 11) is 5.71. The summed E-state index contributed by atoms with van der Waals surface area (Å²) < 4.78 is 6.96. The number of nitrogens with one attached hydrogen (secondary N) is 1. The predicted molar refractivity (Wildman–Crippen MR) is 93.9 cm³/mol. The Balaban J connectivity index is 1.53. The molecule has 3 aliphatic rings. The van der Waals surface area contributed by atoms with Crippen LogP contribution in [0.25, 0.3) is 0 Å². The van der Waals surface area contributed by atoms with Crippen molar-refractivity contribution in [3.8, 4) is 0 Å². The average Bonchev–Trinajstić information content (AvgIpc) is 3.01. The van der Waals surface area contributed by atoms with Crippen LogP contribution < -0.4 is 5.32 Å². The number of carbonyl (C=O) groups excluding carboxylic acids is 1. The van der Waals surface area contributed by atoms with Crippen molar-refractivity contribution in [2.24, 2.45) is 11.8 Å². The summed E-state index contributed by atoms with van der Waals surface area (Å²) in [5.41, 5.74) is 0.997. The lowest BCUT2D eigenvalue weighted by Crippen LogP contribution is -2.58. The minimum atomic E-state index is 0.113. The van der Waals surface area contributed by atoms with E-state index >= 15 is 0 Å². The van der Waals surface area contributed by atoms with Crippen molar-refractivity contribution in [3.63, 3.8) is 0 Å². The molecular weight excluding hydrogens is 320 g/mol. The molecule has 1 N–H and O–H groups in total. The summed E-state index contributed by atoms with van der Waals surface area (Å²) in [6.45, 7) is 4.76. The number of rotatable bonds is 8. The fourth-order valence-corrected chi connectivity index (χ4v) is 4.07. The molecule has 4 heterocycles. The maximum Gasteiger partial charge on any atom is 0.224 e. The summed E-state index contributed by atoms with van der Waals surface area (Å²) in [4.78, 5) is 17.0. The molecular formula is C17H30N6O2. The largest absolute Gasteiger partial charge is 0.383 e. The third-order valence-electron chi connectivity index (χ3n) is 5.28. The van der Waals surface area contributed by atoms with Gasteiger partial charge in [-0.05, 0) is 39.4 Å². The van der Waals surface area contributed by atoms with Gasteiger partial charge >= 0.3 is 0 Å². The van der Waals surface area contributed by atoms with E-state index in [1.807, 2.05) is 25.0 Å². The van der Waals surface area contributed by atoms with Crippen LogP contribution in [0.15, 0.2) is 6.20 Å². The number of carbonyl (C=O) groups is 1.